The zero-order chi connectivity index (χ0) is 21.0. The van der Waals surface area contributed by atoms with Gasteiger partial charge in [-0.1, -0.05) is 12.1 Å². The number of aromatic nitrogens is 2. The van der Waals surface area contributed by atoms with E-state index in [1.165, 1.54) is 12.1 Å². The Morgan fingerprint density at radius 1 is 1.07 bits per heavy atom. The number of hydrogen-bond acceptors (Lipinski definition) is 6. The normalized spacial score (nSPS) is 22.9. The fourth-order valence-electron chi connectivity index (χ4n) is 3.79. The number of halogens is 3. The summed E-state index contributed by atoms with van der Waals surface area (Å²) in [5.41, 5.74) is 1.17. The van der Waals surface area contributed by atoms with Crippen LogP contribution in [0.15, 0.2) is 36.7 Å². The van der Waals surface area contributed by atoms with Gasteiger partial charge in [0.1, 0.15) is 0 Å². The molecule has 2 aliphatic rings. The smallest absolute Gasteiger partial charge is 0.381 e. The fourth-order valence-corrected chi connectivity index (χ4v) is 3.79. The average molecular weight is 422 g/mol. The molecule has 2 aromatic rings. The molecule has 0 amide bonds. The molecule has 0 saturated carbocycles. The molecule has 2 atom stereocenters. The monoisotopic (exact) mass is 422 g/mol. The lowest BCUT2D eigenvalue weighted by Gasteiger charge is -2.23. The number of nitrogens with zero attached hydrogens (tertiary/aromatic N) is 2. The Bertz CT molecular complexity index is 808. The fraction of sp³-hybridized carbons (Fsp3) is 0.524. The Morgan fingerprint density at radius 3 is 2.43 bits per heavy atom. The molecule has 1 aromatic carbocycles. The van der Waals surface area contributed by atoms with Crippen LogP contribution >= 0.6 is 0 Å². The molecule has 0 spiro atoms. The lowest BCUT2D eigenvalue weighted by molar-refractivity contribution is -0.137. The number of rotatable bonds is 6. The van der Waals surface area contributed by atoms with Crippen LogP contribution in [0.25, 0.3) is 0 Å². The van der Waals surface area contributed by atoms with E-state index in [0.717, 1.165) is 43.8 Å². The van der Waals surface area contributed by atoms with Gasteiger partial charge in [-0.3, -0.25) is 0 Å². The highest BCUT2D eigenvalue weighted by atomic mass is 19.4. The van der Waals surface area contributed by atoms with Crippen LogP contribution in [0.4, 0.5) is 19.1 Å². The second-order valence-electron chi connectivity index (χ2n) is 7.68. The molecule has 2 saturated heterocycles. The van der Waals surface area contributed by atoms with E-state index in [1.54, 1.807) is 0 Å². The van der Waals surface area contributed by atoms with Gasteiger partial charge >= 0.3 is 6.18 Å². The van der Waals surface area contributed by atoms with Gasteiger partial charge in [0, 0.05) is 38.7 Å². The Hall–Kier alpha value is -2.23. The van der Waals surface area contributed by atoms with Gasteiger partial charge in [0.25, 0.3) is 0 Å². The molecule has 0 radical (unpaired) electrons. The van der Waals surface area contributed by atoms with E-state index in [-0.39, 0.29) is 18.8 Å². The standard InChI is InChI=1S/C21H25F3N4O2/c22-21(23,24)17-3-1-14(2-4-17)13-30-19-12-25-11-18(19)28-20-26-9-16(10-27-20)15-5-7-29-8-6-15/h1-4,9-10,15,18-19,25H,5-8,11-13H2,(H,26,27,28)/t18-,19-/m1/s1. The third kappa shape index (κ3) is 5.27. The third-order valence-electron chi connectivity index (χ3n) is 5.58. The van der Waals surface area contributed by atoms with Crippen LogP contribution in [-0.4, -0.2) is 48.4 Å². The summed E-state index contributed by atoms with van der Waals surface area (Å²) < 4.78 is 49.4. The summed E-state index contributed by atoms with van der Waals surface area (Å²) in [6, 6.07) is 5.04. The number of benzene rings is 1. The van der Waals surface area contributed by atoms with E-state index in [2.05, 4.69) is 20.6 Å². The van der Waals surface area contributed by atoms with E-state index in [1.807, 2.05) is 12.4 Å². The van der Waals surface area contributed by atoms with Crippen LogP contribution in [0.1, 0.15) is 35.4 Å². The summed E-state index contributed by atoms with van der Waals surface area (Å²) >= 11 is 0. The maximum Gasteiger partial charge on any atom is 0.416 e. The Kier molecular flexibility index (Phi) is 6.50. The van der Waals surface area contributed by atoms with Crippen molar-refractivity contribution in [3.05, 3.63) is 53.3 Å². The number of alkyl halides is 3. The van der Waals surface area contributed by atoms with Gasteiger partial charge in [-0.25, -0.2) is 9.97 Å². The highest BCUT2D eigenvalue weighted by Gasteiger charge is 2.31. The van der Waals surface area contributed by atoms with Gasteiger partial charge in [-0.05, 0) is 42.0 Å². The molecule has 30 heavy (non-hydrogen) atoms. The first-order valence-corrected chi connectivity index (χ1v) is 10.1. The van der Waals surface area contributed by atoms with Gasteiger partial charge in [-0.15, -0.1) is 0 Å². The van der Waals surface area contributed by atoms with E-state index in [4.69, 9.17) is 9.47 Å². The summed E-state index contributed by atoms with van der Waals surface area (Å²) in [6.45, 7) is 3.14. The first-order valence-electron chi connectivity index (χ1n) is 10.1. The molecule has 0 unspecified atom stereocenters. The van der Waals surface area contributed by atoms with Gasteiger partial charge in [0.05, 0.1) is 24.3 Å². The van der Waals surface area contributed by atoms with Gasteiger partial charge in [0.15, 0.2) is 0 Å². The average Bonchev–Trinajstić information content (AvgIpc) is 3.20. The Labute approximate surface area is 173 Å². The molecule has 2 fully saturated rings. The minimum atomic E-state index is -4.33. The molecule has 0 bridgehead atoms. The van der Waals surface area contributed by atoms with Crippen molar-refractivity contribution in [2.24, 2.45) is 0 Å². The van der Waals surface area contributed by atoms with Gasteiger partial charge in [-0.2, -0.15) is 13.2 Å². The van der Waals surface area contributed by atoms with Crippen LogP contribution in [-0.2, 0) is 22.3 Å². The van der Waals surface area contributed by atoms with Crippen LogP contribution in [0, 0.1) is 0 Å². The summed E-state index contributed by atoms with van der Waals surface area (Å²) in [4.78, 5) is 8.90. The van der Waals surface area contributed by atoms with Crippen molar-refractivity contribution in [2.45, 2.75) is 43.7 Å². The molecular weight excluding hydrogens is 397 g/mol. The van der Waals surface area contributed by atoms with Crippen LogP contribution in [0.2, 0.25) is 0 Å². The molecule has 162 valence electrons. The molecule has 6 nitrogen and oxygen atoms in total. The second kappa shape index (κ2) is 9.28. The molecular formula is C21H25F3N4O2. The molecule has 2 N–H and O–H groups in total. The quantitative estimate of drug-likeness (QED) is 0.744. The lowest BCUT2D eigenvalue weighted by Crippen LogP contribution is -2.35. The molecule has 1 aromatic heterocycles. The number of nitrogens with one attached hydrogen (secondary N) is 2. The number of anilines is 1. The zero-order valence-corrected chi connectivity index (χ0v) is 16.5. The second-order valence-corrected chi connectivity index (χ2v) is 7.68. The van der Waals surface area contributed by atoms with Crippen molar-refractivity contribution in [3.63, 3.8) is 0 Å². The summed E-state index contributed by atoms with van der Waals surface area (Å²) in [7, 11) is 0. The minimum Gasteiger partial charge on any atom is -0.381 e. The minimum absolute atomic E-state index is 0.0200. The first-order chi connectivity index (χ1) is 14.5. The number of ether oxygens (including phenoxy) is 2. The number of hydrogen-bond donors (Lipinski definition) is 2. The molecule has 4 rings (SSSR count). The molecule has 3 heterocycles. The van der Waals surface area contributed by atoms with Gasteiger partial charge in [0.2, 0.25) is 5.95 Å². The third-order valence-corrected chi connectivity index (χ3v) is 5.58. The molecule has 9 heteroatoms. The Balaban J connectivity index is 1.30. The molecule has 2 aliphatic heterocycles. The highest BCUT2D eigenvalue weighted by Crippen LogP contribution is 2.29. The summed E-state index contributed by atoms with van der Waals surface area (Å²) in [6.07, 6.45) is 1.25. The maximum absolute atomic E-state index is 12.7. The zero-order valence-electron chi connectivity index (χ0n) is 16.5. The van der Waals surface area contributed by atoms with Crippen molar-refractivity contribution >= 4 is 5.95 Å². The van der Waals surface area contributed by atoms with Crippen molar-refractivity contribution in [1.82, 2.24) is 15.3 Å². The van der Waals surface area contributed by atoms with Crippen LogP contribution in [0.5, 0.6) is 0 Å². The largest absolute Gasteiger partial charge is 0.416 e. The van der Waals surface area contributed by atoms with Crippen molar-refractivity contribution in [1.29, 1.82) is 0 Å². The van der Waals surface area contributed by atoms with E-state index in [0.29, 0.717) is 30.5 Å². The maximum atomic E-state index is 12.7. The summed E-state index contributed by atoms with van der Waals surface area (Å²) in [5.74, 6) is 0.989. The van der Waals surface area contributed by atoms with Crippen LogP contribution in [0.3, 0.4) is 0 Å². The van der Waals surface area contributed by atoms with Crippen molar-refractivity contribution in [2.75, 3.05) is 31.6 Å². The predicted molar refractivity (Wildman–Crippen MR) is 105 cm³/mol. The van der Waals surface area contributed by atoms with Crippen molar-refractivity contribution in [3.8, 4) is 0 Å². The van der Waals surface area contributed by atoms with E-state index >= 15 is 0 Å². The predicted octanol–water partition coefficient (Wildman–Crippen LogP) is 3.36. The van der Waals surface area contributed by atoms with E-state index in [9.17, 15) is 13.2 Å². The first kappa shape index (κ1) is 21.0. The Morgan fingerprint density at radius 2 is 1.77 bits per heavy atom. The van der Waals surface area contributed by atoms with Gasteiger partial charge < -0.3 is 20.1 Å². The van der Waals surface area contributed by atoms with Crippen molar-refractivity contribution < 1.29 is 22.6 Å². The molecule has 0 aliphatic carbocycles. The lowest BCUT2D eigenvalue weighted by atomic mass is 9.94. The topological polar surface area (TPSA) is 68.3 Å². The van der Waals surface area contributed by atoms with E-state index < -0.39 is 11.7 Å². The summed E-state index contributed by atoms with van der Waals surface area (Å²) in [5, 5.41) is 6.57. The SMILES string of the molecule is FC(F)(F)c1ccc(CO[C@@H]2CNC[C@H]2Nc2ncc(C3CCOCC3)cn2)cc1. The van der Waals surface area contributed by atoms with Crippen LogP contribution < -0.4 is 10.6 Å². The highest BCUT2D eigenvalue weighted by molar-refractivity contribution is 5.29.